The van der Waals surface area contributed by atoms with Crippen LogP contribution in [0.2, 0.25) is 0 Å². The molecular weight excluding hydrogens is 346 g/mol. The number of carbonyl (C=O) groups is 2. The Bertz CT molecular complexity index is 1050. The zero-order chi connectivity index (χ0) is 19.6. The molecule has 0 aliphatic rings. The molecule has 0 aliphatic heterocycles. The van der Waals surface area contributed by atoms with Crippen LogP contribution in [0, 0.1) is 0 Å². The smallest absolute Gasteiger partial charge is 0.329 e. The van der Waals surface area contributed by atoms with Crippen molar-refractivity contribution >= 4 is 22.9 Å². The van der Waals surface area contributed by atoms with E-state index in [2.05, 4.69) is 5.32 Å². The van der Waals surface area contributed by atoms with Gasteiger partial charge in [0.25, 0.3) is 0 Å². The lowest BCUT2D eigenvalue weighted by Crippen LogP contribution is -2.45. The Hall–Kier alpha value is -3.35. The van der Waals surface area contributed by atoms with E-state index >= 15 is 0 Å². The standard InChI is InChI=1S/C20H21N3O4/c1-20(18(25)26,14-8-4-3-5-9-14)13-21-17(24)12-23-16-11-7-6-10-15(16)22(2)19(23)27/h3-11H,12-13H2,1-2H3,(H,21,24)(H,25,26). The molecule has 140 valence electrons. The Morgan fingerprint density at radius 3 is 2.26 bits per heavy atom. The minimum atomic E-state index is -1.26. The van der Waals surface area contributed by atoms with Crippen molar-refractivity contribution in [2.75, 3.05) is 6.54 Å². The molecule has 1 unspecified atom stereocenters. The Kier molecular flexibility index (Phi) is 4.85. The molecular formula is C20H21N3O4. The predicted octanol–water partition coefficient (Wildman–Crippen LogP) is 1.50. The second-order valence-electron chi connectivity index (χ2n) is 6.70. The van der Waals surface area contributed by atoms with Crippen molar-refractivity contribution in [3.05, 3.63) is 70.6 Å². The van der Waals surface area contributed by atoms with Crippen molar-refractivity contribution in [3.63, 3.8) is 0 Å². The summed E-state index contributed by atoms with van der Waals surface area (Å²) in [5, 5.41) is 12.3. The van der Waals surface area contributed by atoms with E-state index in [0.717, 1.165) is 5.52 Å². The summed E-state index contributed by atoms with van der Waals surface area (Å²) in [5.41, 5.74) is 0.426. The second kappa shape index (κ2) is 7.11. The molecule has 0 fully saturated rings. The number of rotatable bonds is 6. The van der Waals surface area contributed by atoms with Gasteiger partial charge in [-0.2, -0.15) is 0 Å². The van der Waals surface area contributed by atoms with Crippen LogP contribution in [0.5, 0.6) is 0 Å². The predicted molar refractivity (Wildman–Crippen MR) is 102 cm³/mol. The van der Waals surface area contributed by atoms with Crippen LogP contribution in [0.3, 0.4) is 0 Å². The highest BCUT2D eigenvalue weighted by molar-refractivity contribution is 5.84. The first-order chi connectivity index (χ1) is 12.8. The number of imidazole rings is 1. The third kappa shape index (κ3) is 3.36. The molecule has 2 N–H and O–H groups in total. The van der Waals surface area contributed by atoms with Gasteiger partial charge in [-0.05, 0) is 24.6 Å². The van der Waals surface area contributed by atoms with Gasteiger partial charge in [-0.25, -0.2) is 4.79 Å². The Labute approximate surface area is 155 Å². The molecule has 1 amide bonds. The molecule has 1 heterocycles. The van der Waals surface area contributed by atoms with Crippen LogP contribution in [-0.4, -0.2) is 32.7 Å². The van der Waals surface area contributed by atoms with Crippen molar-refractivity contribution in [3.8, 4) is 0 Å². The van der Waals surface area contributed by atoms with Gasteiger partial charge in [-0.1, -0.05) is 42.5 Å². The molecule has 0 bridgehead atoms. The van der Waals surface area contributed by atoms with Gasteiger partial charge in [-0.3, -0.25) is 18.7 Å². The summed E-state index contributed by atoms with van der Waals surface area (Å²) in [6.07, 6.45) is 0. The van der Waals surface area contributed by atoms with Crippen LogP contribution >= 0.6 is 0 Å². The number of aromatic nitrogens is 2. The van der Waals surface area contributed by atoms with E-state index in [-0.39, 0.29) is 18.8 Å². The van der Waals surface area contributed by atoms with Gasteiger partial charge < -0.3 is 10.4 Å². The molecule has 3 aromatic rings. The van der Waals surface area contributed by atoms with Crippen LogP contribution in [0.25, 0.3) is 11.0 Å². The van der Waals surface area contributed by atoms with E-state index in [1.165, 1.54) is 9.13 Å². The number of hydrogen-bond donors (Lipinski definition) is 2. The highest BCUT2D eigenvalue weighted by Gasteiger charge is 2.35. The van der Waals surface area contributed by atoms with Gasteiger partial charge in [0.1, 0.15) is 12.0 Å². The number of carbonyl (C=O) groups excluding carboxylic acids is 1. The lowest BCUT2D eigenvalue weighted by atomic mass is 9.82. The summed E-state index contributed by atoms with van der Waals surface area (Å²) >= 11 is 0. The molecule has 0 spiro atoms. The maximum absolute atomic E-state index is 12.4. The van der Waals surface area contributed by atoms with E-state index in [1.54, 1.807) is 56.4 Å². The number of amides is 1. The molecule has 1 atom stereocenters. The van der Waals surface area contributed by atoms with Crippen molar-refractivity contribution in [1.29, 1.82) is 0 Å². The SMILES string of the molecule is Cn1c(=O)n(CC(=O)NCC(C)(C(=O)O)c2ccccc2)c2ccccc21. The van der Waals surface area contributed by atoms with E-state index < -0.39 is 17.3 Å². The lowest BCUT2D eigenvalue weighted by molar-refractivity contribution is -0.143. The summed E-state index contributed by atoms with van der Waals surface area (Å²) < 4.78 is 2.86. The second-order valence-corrected chi connectivity index (χ2v) is 6.70. The Morgan fingerprint density at radius 2 is 1.63 bits per heavy atom. The number of carboxylic acid groups (broad SMARTS) is 1. The first-order valence-electron chi connectivity index (χ1n) is 8.54. The number of benzene rings is 2. The van der Waals surface area contributed by atoms with E-state index in [9.17, 15) is 19.5 Å². The minimum Gasteiger partial charge on any atom is -0.481 e. The quantitative estimate of drug-likeness (QED) is 0.690. The number of para-hydroxylation sites is 2. The van der Waals surface area contributed by atoms with Crippen LogP contribution in [-0.2, 0) is 28.6 Å². The lowest BCUT2D eigenvalue weighted by Gasteiger charge is -2.25. The van der Waals surface area contributed by atoms with Gasteiger partial charge in [0.15, 0.2) is 0 Å². The highest BCUT2D eigenvalue weighted by atomic mass is 16.4. The summed E-state index contributed by atoms with van der Waals surface area (Å²) in [4.78, 5) is 36.7. The van der Waals surface area contributed by atoms with Gasteiger partial charge in [0.05, 0.1) is 11.0 Å². The van der Waals surface area contributed by atoms with Crippen LogP contribution in [0.4, 0.5) is 0 Å². The monoisotopic (exact) mass is 367 g/mol. The summed E-state index contributed by atoms with van der Waals surface area (Å²) in [6, 6.07) is 16.0. The fraction of sp³-hybridized carbons (Fsp3) is 0.250. The Balaban J connectivity index is 1.80. The number of aryl methyl sites for hydroxylation is 1. The third-order valence-electron chi connectivity index (χ3n) is 4.88. The fourth-order valence-electron chi connectivity index (χ4n) is 3.10. The van der Waals surface area contributed by atoms with Crippen molar-refractivity contribution in [1.82, 2.24) is 14.5 Å². The van der Waals surface area contributed by atoms with Gasteiger partial charge in [-0.15, -0.1) is 0 Å². The zero-order valence-electron chi connectivity index (χ0n) is 15.2. The fourth-order valence-corrected chi connectivity index (χ4v) is 3.10. The average molecular weight is 367 g/mol. The molecule has 7 nitrogen and oxygen atoms in total. The maximum atomic E-state index is 12.4. The van der Waals surface area contributed by atoms with Crippen LogP contribution in [0.15, 0.2) is 59.4 Å². The topological polar surface area (TPSA) is 93.3 Å². The summed E-state index contributed by atoms with van der Waals surface area (Å²) in [7, 11) is 1.65. The van der Waals surface area contributed by atoms with Crippen molar-refractivity contribution in [2.24, 2.45) is 7.05 Å². The third-order valence-corrected chi connectivity index (χ3v) is 4.88. The average Bonchev–Trinajstić information content (AvgIpc) is 2.92. The first kappa shape index (κ1) is 18.4. The van der Waals surface area contributed by atoms with E-state index in [0.29, 0.717) is 11.1 Å². The van der Waals surface area contributed by atoms with Gasteiger partial charge in [0.2, 0.25) is 5.91 Å². The van der Waals surface area contributed by atoms with Crippen LogP contribution in [0.1, 0.15) is 12.5 Å². The molecule has 1 aromatic heterocycles. The van der Waals surface area contributed by atoms with Crippen molar-refractivity contribution < 1.29 is 14.7 Å². The summed E-state index contributed by atoms with van der Waals surface area (Å²) in [5.74, 6) is -1.45. The van der Waals surface area contributed by atoms with Crippen molar-refractivity contribution in [2.45, 2.75) is 18.9 Å². The highest BCUT2D eigenvalue weighted by Crippen LogP contribution is 2.23. The number of carboxylic acids is 1. The molecule has 27 heavy (non-hydrogen) atoms. The molecule has 0 saturated heterocycles. The Morgan fingerprint density at radius 1 is 1.04 bits per heavy atom. The molecule has 7 heteroatoms. The number of hydrogen-bond acceptors (Lipinski definition) is 3. The largest absolute Gasteiger partial charge is 0.481 e. The van der Waals surface area contributed by atoms with E-state index in [4.69, 9.17) is 0 Å². The zero-order valence-corrected chi connectivity index (χ0v) is 15.2. The molecule has 0 radical (unpaired) electrons. The minimum absolute atomic E-state index is 0.0787. The van der Waals surface area contributed by atoms with Gasteiger partial charge in [0, 0.05) is 13.6 Å². The molecule has 2 aromatic carbocycles. The first-order valence-corrected chi connectivity index (χ1v) is 8.54. The number of aliphatic carboxylic acids is 1. The normalized spacial score (nSPS) is 13.3. The number of nitrogens with one attached hydrogen (secondary N) is 1. The maximum Gasteiger partial charge on any atom is 0.329 e. The van der Waals surface area contributed by atoms with Crippen LogP contribution < -0.4 is 11.0 Å². The molecule has 0 aliphatic carbocycles. The van der Waals surface area contributed by atoms with Gasteiger partial charge >= 0.3 is 11.7 Å². The van der Waals surface area contributed by atoms with E-state index in [1.807, 2.05) is 12.1 Å². The molecule has 0 saturated carbocycles. The molecule has 3 rings (SSSR count). The number of nitrogens with zero attached hydrogens (tertiary/aromatic N) is 2. The number of fused-ring (bicyclic) bond motifs is 1. The summed E-state index contributed by atoms with van der Waals surface area (Å²) in [6.45, 7) is 1.31.